The van der Waals surface area contributed by atoms with E-state index in [0.29, 0.717) is 16.9 Å². The van der Waals surface area contributed by atoms with Gasteiger partial charge in [0.05, 0.1) is 5.56 Å². The van der Waals surface area contributed by atoms with Crippen molar-refractivity contribution in [3.8, 4) is 16.9 Å². The van der Waals surface area contributed by atoms with Crippen molar-refractivity contribution in [2.24, 2.45) is 0 Å². The quantitative estimate of drug-likeness (QED) is 0.234. The van der Waals surface area contributed by atoms with Crippen LogP contribution in [0.2, 0.25) is 0 Å². The number of carbonyl (C=O) groups excluding carboxylic acids is 1. The monoisotopic (exact) mass is 394 g/mol. The number of carbonyl (C=O) groups is 1. The summed E-state index contributed by atoms with van der Waals surface area (Å²) in [5.41, 5.74) is 2.43. The number of halogens is 2. The molecular formula is C25H24F2O2. The van der Waals surface area contributed by atoms with Gasteiger partial charge in [-0.1, -0.05) is 50.5 Å². The predicted octanol–water partition coefficient (Wildman–Crippen LogP) is 6.97. The van der Waals surface area contributed by atoms with Crippen LogP contribution in [-0.4, -0.2) is 5.97 Å². The summed E-state index contributed by atoms with van der Waals surface area (Å²) in [6.07, 6.45) is 5.88. The van der Waals surface area contributed by atoms with Crippen molar-refractivity contribution in [1.29, 1.82) is 0 Å². The van der Waals surface area contributed by atoms with Gasteiger partial charge >= 0.3 is 5.97 Å². The Kier molecular flexibility index (Phi) is 7.12. The number of rotatable bonds is 8. The van der Waals surface area contributed by atoms with Crippen molar-refractivity contribution in [2.75, 3.05) is 0 Å². The van der Waals surface area contributed by atoms with E-state index in [4.69, 9.17) is 4.74 Å². The van der Waals surface area contributed by atoms with Crippen LogP contribution in [0.1, 0.15) is 48.5 Å². The highest BCUT2D eigenvalue weighted by atomic mass is 19.1. The van der Waals surface area contributed by atoms with Crippen molar-refractivity contribution in [1.82, 2.24) is 0 Å². The molecule has 3 rings (SSSR count). The van der Waals surface area contributed by atoms with E-state index in [2.05, 4.69) is 6.92 Å². The summed E-state index contributed by atoms with van der Waals surface area (Å²) in [7, 11) is 0. The number of hydrogen-bond donors (Lipinski definition) is 0. The Morgan fingerprint density at radius 2 is 1.59 bits per heavy atom. The summed E-state index contributed by atoms with van der Waals surface area (Å²) in [6, 6.07) is 17.4. The van der Waals surface area contributed by atoms with E-state index in [1.807, 2.05) is 12.1 Å². The zero-order valence-electron chi connectivity index (χ0n) is 16.5. The maximum atomic E-state index is 13.9. The highest BCUT2D eigenvalue weighted by Crippen LogP contribution is 2.24. The minimum Gasteiger partial charge on any atom is -0.423 e. The standard InChI is InChI=1S/C25H24F2O2/c1-2-3-4-5-6-18-7-14-22(15-8-18)29-25(28)20-11-9-19(10-12-20)23-16-13-21(26)17-24(23)27/h7-17H,2-6H2,1H3. The van der Waals surface area contributed by atoms with Gasteiger partial charge in [0.25, 0.3) is 0 Å². The van der Waals surface area contributed by atoms with E-state index in [0.717, 1.165) is 18.9 Å². The van der Waals surface area contributed by atoms with Gasteiger partial charge in [-0.3, -0.25) is 0 Å². The van der Waals surface area contributed by atoms with Crippen molar-refractivity contribution in [2.45, 2.75) is 39.0 Å². The third-order valence-corrected chi connectivity index (χ3v) is 4.82. The van der Waals surface area contributed by atoms with E-state index in [1.165, 1.54) is 37.0 Å². The van der Waals surface area contributed by atoms with Crippen LogP contribution in [0, 0.1) is 11.6 Å². The topological polar surface area (TPSA) is 26.3 Å². The summed E-state index contributed by atoms with van der Waals surface area (Å²) in [6.45, 7) is 2.19. The van der Waals surface area contributed by atoms with Crippen molar-refractivity contribution >= 4 is 5.97 Å². The molecule has 0 aliphatic rings. The van der Waals surface area contributed by atoms with Crippen LogP contribution in [0.5, 0.6) is 5.75 Å². The molecule has 0 aliphatic carbocycles. The average molecular weight is 394 g/mol. The smallest absolute Gasteiger partial charge is 0.343 e. The van der Waals surface area contributed by atoms with Gasteiger partial charge in [-0.15, -0.1) is 0 Å². The fourth-order valence-electron chi connectivity index (χ4n) is 3.16. The van der Waals surface area contributed by atoms with E-state index < -0.39 is 17.6 Å². The minimum absolute atomic E-state index is 0.279. The van der Waals surface area contributed by atoms with E-state index in [-0.39, 0.29) is 5.56 Å². The molecule has 3 aromatic carbocycles. The molecule has 4 heteroatoms. The van der Waals surface area contributed by atoms with E-state index >= 15 is 0 Å². The minimum atomic E-state index is -0.643. The average Bonchev–Trinajstić information content (AvgIpc) is 2.72. The number of aryl methyl sites for hydroxylation is 1. The first-order valence-corrected chi connectivity index (χ1v) is 9.93. The lowest BCUT2D eigenvalue weighted by molar-refractivity contribution is 0.0734. The van der Waals surface area contributed by atoms with Gasteiger partial charge in [-0.2, -0.15) is 0 Å². The van der Waals surface area contributed by atoms with Gasteiger partial charge in [-0.05, 0) is 60.4 Å². The molecule has 0 N–H and O–H groups in total. The molecule has 0 bridgehead atoms. The third kappa shape index (κ3) is 5.74. The van der Waals surface area contributed by atoms with Gasteiger partial charge < -0.3 is 4.74 Å². The van der Waals surface area contributed by atoms with Crippen LogP contribution in [0.4, 0.5) is 8.78 Å². The lowest BCUT2D eigenvalue weighted by Crippen LogP contribution is -2.08. The van der Waals surface area contributed by atoms with Crippen molar-refractivity contribution < 1.29 is 18.3 Å². The van der Waals surface area contributed by atoms with Crippen LogP contribution < -0.4 is 4.74 Å². The lowest BCUT2D eigenvalue weighted by atomic mass is 10.0. The van der Waals surface area contributed by atoms with E-state index in [1.54, 1.807) is 36.4 Å². The molecular weight excluding hydrogens is 370 g/mol. The molecule has 0 unspecified atom stereocenters. The Morgan fingerprint density at radius 3 is 2.24 bits per heavy atom. The summed E-state index contributed by atoms with van der Waals surface area (Å²) < 4.78 is 32.4. The van der Waals surface area contributed by atoms with Crippen molar-refractivity contribution in [3.63, 3.8) is 0 Å². The van der Waals surface area contributed by atoms with E-state index in [9.17, 15) is 13.6 Å². The highest BCUT2D eigenvalue weighted by Gasteiger charge is 2.11. The largest absolute Gasteiger partial charge is 0.423 e. The van der Waals surface area contributed by atoms with Gasteiger partial charge in [0.15, 0.2) is 0 Å². The number of ether oxygens (including phenoxy) is 1. The summed E-state index contributed by atoms with van der Waals surface area (Å²) in [5.74, 6) is -1.26. The Labute approximate surface area is 170 Å². The number of hydrogen-bond acceptors (Lipinski definition) is 2. The molecule has 0 atom stereocenters. The second-order valence-corrected chi connectivity index (χ2v) is 7.05. The Morgan fingerprint density at radius 1 is 0.862 bits per heavy atom. The molecule has 0 saturated heterocycles. The molecule has 29 heavy (non-hydrogen) atoms. The maximum absolute atomic E-state index is 13.9. The molecule has 0 heterocycles. The van der Waals surface area contributed by atoms with Crippen LogP contribution in [0.25, 0.3) is 11.1 Å². The second kappa shape index (κ2) is 9.97. The Balaban J connectivity index is 1.60. The first-order valence-electron chi connectivity index (χ1n) is 9.93. The van der Waals surface area contributed by atoms with Crippen LogP contribution >= 0.6 is 0 Å². The number of esters is 1. The Hall–Kier alpha value is -3.01. The fourth-order valence-corrected chi connectivity index (χ4v) is 3.16. The van der Waals surface area contributed by atoms with Crippen LogP contribution in [0.3, 0.4) is 0 Å². The SMILES string of the molecule is CCCCCCc1ccc(OC(=O)c2ccc(-c3ccc(F)cc3F)cc2)cc1. The predicted molar refractivity (Wildman–Crippen MR) is 111 cm³/mol. The summed E-state index contributed by atoms with van der Waals surface area (Å²) in [5, 5.41) is 0. The summed E-state index contributed by atoms with van der Waals surface area (Å²) in [4.78, 5) is 12.4. The molecule has 0 radical (unpaired) electrons. The summed E-state index contributed by atoms with van der Waals surface area (Å²) >= 11 is 0. The van der Waals surface area contributed by atoms with Crippen molar-refractivity contribution in [3.05, 3.63) is 89.5 Å². The second-order valence-electron chi connectivity index (χ2n) is 7.05. The van der Waals surface area contributed by atoms with Gasteiger partial charge in [-0.25, -0.2) is 13.6 Å². The van der Waals surface area contributed by atoms with Crippen LogP contribution in [-0.2, 0) is 6.42 Å². The van der Waals surface area contributed by atoms with Gasteiger partial charge in [0, 0.05) is 11.6 Å². The molecule has 0 amide bonds. The first-order chi connectivity index (χ1) is 14.1. The molecule has 2 nitrogen and oxygen atoms in total. The maximum Gasteiger partial charge on any atom is 0.343 e. The molecule has 0 aliphatic heterocycles. The van der Waals surface area contributed by atoms with Crippen LogP contribution in [0.15, 0.2) is 66.7 Å². The molecule has 150 valence electrons. The zero-order chi connectivity index (χ0) is 20.6. The Bertz CT molecular complexity index is 948. The van der Waals surface area contributed by atoms with Gasteiger partial charge in [0.1, 0.15) is 17.4 Å². The number of benzene rings is 3. The normalized spacial score (nSPS) is 10.7. The zero-order valence-corrected chi connectivity index (χ0v) is 16.5. The third-order valence-electron chi connectivity index (χ3n) is 4.82. The van der Waals surface area contributed by atoms with Gasteiger partial charge in [0.2, 0.25) is 0 Å². The first kappa shape index (κ1) is 20.7. The fraction of sp³-hybridized carbons (Fsp3) is 0.240. The molecule has 0 aromatic heterocycles. The number of unbranched alkanes of at least 4 members (excludes halogenated alkanes) is 3. The highest BCUT2D eigenvalue weighted by molar-refractivity contribution is 5.91. The molecule has 0 spiro atoms. The molecule has 0 saturated carbocycles. The lowest BCUT2D eigenvalue weighted by Gasteiger charge is -2.08. The molecule has 3 aromatic rings. The molecule has 0 fully saturated rings.